The number of nitrogens with zero attached hydrogens (tertiary/aromatic N) is 1. The lowest BCUT2D eigenvalue weighted by atomic mass is 10.1. The molecule has 0 aliphatic heterocycles. The van der Waals surface area contributed by atoms with Crippen LogP contribution < -0.4 is 10.5 Å². The van der Waals surface area contributed by atoms with Crippen LogP contribution in [0.2, 0.25) is 0 Å². The third kappa shape index (κ3) is 3.05. The third-order valence-electron chi connectivity index (χ3n) is 2.54. The summed E-state index contributed by atoms with van der Waals surface area (Å²) in [6.07, 6.45) is 3.19. The summed E-state index contributed by atoms with van der Waals surface area (Å²) in [5, 5.41) is 0.707. The van der Waals surface area contributed by atoms with Crippen molar-refractivity contribution in [2.45, 2.75) is 23.4 Å². The molecule has 0 fully saturated rings. The molecule has 0 amide bonds. The van der Waals surface area contributed by atoms with E-state index in [4.69, 9.17) is 14.9 Å². The van der Waals surface area contributed by atoms with E-state index in [1.165, 1.54) is 11.8 Å². The number of rotatable bonds is 5. The van der Waals surface area contributed by atoms with E-state index in [0.29, 0.717) is 5.22 Å². The summed E-state index contributed by atoms with van der Waals surface area (Å²) >= 11 is 1.52. The van der Waals surface area contributed by atoms with Gasteiger partial charge in [-0.3, -0.25) is 0 Å². The van der Waals surface area contributed by atoms with Crippen molar-refractivity contribution in [1.82, 2.24) is 4.98 Å². The normalized spacial score (nSPS) is 14.2. The molecule has 0 saturated carbocycles. The Bertz CT molecular complexity index is 485. The standard InChI is InChI=1S/C13H16N2O2S/c1-9(14)12(18-13-15-6-7-17-13)10-4-3-5-11(8-10)16-2/h3-9,12H,14H2,1-2H3. The topological polar surface area (TPSA) is 61.3 Å². The number of methoxy groups -OCH3 is 1. The molecule has 1 aromatic carbocycles. The summed E-state index contributed by atoms with van der Waals surface area (Å²) < 4.78 is 10.5. The van der Waals surface area contributed by atoms with Crippen LogP contribution in [0.1, 0.15) is 17.7 Å². The minimum atomic E-state index is -0.0194. The number of ether oxygens (including phenoxy) is 1. The first-order valence-corrected chi connectivity index (χ1v) is 6.54. The van der Waals surface area contributed by atoms with Crippen molar-refractivity contribution >= 4 is 11.8 Å². The van der Waals surface area contributed by atoms with Crippen LogP contribution in [0, 0.1) is 0 Å². The Labute approximate surface area is 111 Å². The van der Waals surface area contributed by atoms with Gasteiger partial charge in [-0.25, -0.2) is 4.98 Å². The average molecular weight is 264 g/mol. The zero-order valence-corrected chi connectivity index (χ0v) is 11.2. The van der Waals surface area contributed by atoms with Crippen molar-refractivity contribution in [1.29, 1.82) is 0 Å². The van der Waals surface area contributed by atoms with Gasteiger partial charge in [0.1, 0.15) is 12.0 Å². The Kier molecular flexibility index (Phi) is 4.28. The molecule has 0 saturated heterocycles. The fraction of sp³-hybridized carbons (Fsp3) is 0.308. The first-order valence-electron chi connectivity index (χ1n) is 5.66. The van der Waals surface area contributed by atoms with E-state index in [1.807, 2.05) is 31.2 Å². The van der Waals surface area contributed by atoms with Crippen LogP contribution in [0.25, 0.3) is 0 Å². The molecule has 4 nitrogen and oxygen atoms in total. The monoisotopic (exact) mass is 264 g/mol. The molecule has 96 valence electrons. The molecule has 0 aliphatic carbocycles. The molecule has 0 spiro atoms. The number of hydrogen-bond acceptors (Lipinski definition) is 5. The van der Waals surface area contributed by atoms with Crippen molar-refractivity contribution in [3.63, 3.8) is 0 Å². The Hall–Kier alpha value is -1.46. The zero-order valence-electron chi connectivity index (χ0n) is 10.4. The Morgan fingerprint density at radius 3 is 2.89 bits per heavy atom. The SMILES string of the molecule is COc1cccc(C(Sc2ncco2)C(C)N)c1. The molecule has 1 aromatic heterocycles. The first-order chi connectivity index (χ1) is 8.70. The van der Waals surface area contributed by atoms with Gasteiger partial charge in [-0.1, -0.05) is 23.9 Å². The predicted octanol–water partition coefficient (Wildman–Crippen LogP) is 2.86. The van der Waals surface area contributed by atoms with E-state index >= 15 is 0 Å². The second kappa shape index (κ2) is 5.93. The Morgan fingerprint density at radius 2 is 2.28 bits per heavy atom. The number of nitrogens with two attached hydrogens (primary N) is 1. The molecular formula is C13H16N2O2S. The van der Waals surface area contributed by atoms with Crippen molar-refractivity contribution in [2.75, 3.05) is 7.11 Å². The smallest absolute Gasteiger partial charge is 0.256 e. The van der Waals surface area contributed by atoms with Crippen LogP contribution in [-0.4, -0.2) is 18.1 Å². The fourth-order valence-corrected chi connectivity index (χ4v) is 2.62. The minimum absolute atomic E-state index is 0.0194. The van der Waals surface area contributed by atoms with Crippen LogP contribution in [0.3, 0.4) is 0 Å². The summed E-state index contributed by atoms with van der Waals surface area (Å²) in [6.45, 7) is 1.97. The molecule has 1 heterocycles. The maximum absolute atomic E-state index is 6.05. The molecule has 2 atom stereocenters. The van der Waals surface area contributed by atoms with E-state index < -0.39 is 0 Å². The number of benzene rings is 1. The number of thioether (sulfide) groups is 1. The van der Waals surface area contributed by atoms with Crippen LogP contribution >= 0.6 is 11.8 Å². The maximum atomic E-state index is 6.05. The van der Waals surface area contributed by atoms with Crippen molar-refractivity contribution in [2.24, 2.45) is 5.73 Å². The largest absolute Gasteiger partial charge is 0.497 e. The van der Waals surface area contributed by atoms with E-state index in [-0.39, 0.29) is 11.3 Å². The van der Waals surface area contributed by atoms with Crippen LogP contribution in [0.4, 0.5) is 0 Å². The molecular weight excluding hydrogens is 248 g/mol. The van der Waals surface area contributed by atoms with Gasteiger partial charge in [0.2, 0.25) is 0 Å². The van der Waals surface area contributed by atoms with Crippen LogP contribution in [-0.2, 0) is 0 Å². The second-order valence-corrected chi connectivity index (χ2v) is 5.07. The lowest BCUT2D eigenvalue weighted by molar-refractivity contribution is 0.414. The molecule has 2 N–H and O–H groups in total. The minimum Gasteiger partial charge on any atom is -0.497 e. The van der Waals surface area contributed by atoms with Gasteiger partial charge >= 0.3 is 0 Å². The van der Waals surface area contributed by atoms with Gasteiger partial charge in [0.15, 0.2) is 0 Å². The van der Waals surface area contributed by atoms with E-state index in [1.54, 1.807) is 19.6 Å². The number of hydrogen-bond donors (Lipinski definition) is 1. The molecule has 0 bridgehead atoms. The van der Waals surface area contributed by atoms with Crippen LogP contribution in [0.15, 0.2) is 46.4 Å². The van der Waals surface area contributed by atoms with Crippen molar-refractivity contribution in [3.05, 3.63) is 42.3 Å². The lowest BCUT2D eigenvalue weighted by Crippen LogP contribution is -2.22. The number of aromatic nitrogens is 1. The van der Waals surface area contributed by atoms with E-state index in [9.17, 15) is 0 Å². The van der Waals surface area contributed by atoms with Crippen molar-refractivity contribution in [3.8, 4) is 5.75 Å². The number of oxazole rings is 1. The lowest BCUT2D eigenvalue weighted by Gasteiger charge is -2.19. The summed E-state index contributed by atoms with van der Waals surface area (Å²) in [5.41, 5.74) is 7.15. The molecule has 18 heavy (non-hydrogen) atoms. The van der Waals surface area contributed by atoms with E-state index in [0.717, 1.165) is 11.3 Å². The van der Waals surface area contributed by atoms with Gasteiger partial charge in [0, 0.05) is 6.04 Å². The Balaban J connectivity index is 2.23. The first kappa shape index (κ1) is 13.0. The van der Waals surface area contributed by atoms with Crippen LogP contribution in [0.5, 0.6) is 5.75 Å². The summed E-state index contributed by atoms with van der Waals surface area (Å²) in [7, 11) is 1.65. The van der Waals surface area contributed by atoms with Gasteiger partial charge in [0.05, 0.1) is 18.6 Å². The predicted molar refractivity (Wildman–Crippen MR) is 71.7 cm³/mol. The van der Waals surface area contributed by atoms with Gasteiger partial charge in [-0.05, 0) is 24.6 Å². The third-order valence-corrected chi connectivity index (χ3v) is 3.90. The average Bonchev–Trinajstić information content (AvgIpc) is 2.88. The second-order valence-electron chi connectivity index (χ2n) is 3.97. The van der Waals surface area contributed by atoms with Gasteiger partial charge in [-0.15, -0.1) is 0 Å². The quantitative estimate of drug-likeness (QED) is 0.841. The Morgan fingerprint density at radius 1 is 1.44 bits per heavy atom. The maximum Gasteiger partial charge on any atom is 0.256 e. The molecule has 2 aromatic rings. The molecule has 0 aliphatic rings. The molecule has 2 unspecified atom stereocenters. The molecule has 0 radical (unpaired) electrons. The highest BCUT2D eigenvalue weighted by Crippen LogP contribution is 2.37. The summed E-state index contributed by atoms with van der Waals surface area (Å²) in [6, 6.07) is 7.88. The van der Waals surface area contributed by atoms with Gasteiger partial charge in [-0.2, -0.15) is 0 Å². The van der Waals surface area contributed by atoms with Gasteiger partial charge < -0.3 is 14.9 Å². The highest BCUT2D eigenvalue weighted by atomic mass is 32.2. The van der Waals surface area contributed by atoms with Gasteiger partial charge in [0.25, 0.3) is 5.22 Å². The fourth-order valence-electron chi connectivity index (χ4n) is 1.67. The zero-order chi connectivity index (χ0) is 13.0. The van der Waals surface area contributed by atoms with E-state index in [2.05, 4.69) is 4.98 Å². The summed E-state index contributed by atoms with van der Waals surface area (Å²) in [4.78, 5) is 4.12. The molecule has 2 rings (SSSR count). The molecule has 5 heteroatoms. The van der Waals surface area contributed by atoms with Crippen molar-refractivity contribution < 1.29 is 9.15 Å². The highest BCUT2D eigenvalue weighted by Gasteiger charge is 2.20. The summed E-state index contributed by atoms with van der Waals surface area (Å²) in [5.74, 6) is 0.825. The highest BCUT2D eigenvalue weighted by molar-refractivity contribution is 7.99.